The maximum Gasteiger partial charge on any atom is 0.144 e. The van der Waals surface area contributed by atoms with E-state index in [1.807, 2.05) is 13.0 Å². The van der Waals surface area contributed by atoms with Crippen LogP contribution in [0.2, 0.25) is 0 Å². The van der Waals surface area contributed by atoms with Gasteiger partial charge in [0.1, 0.15) is 10.7 Å². The van der Waals surface area contributed by atoms with Gasteiger partial charge in [0.2, 0.25) is 0 Å². The first-order valence-electron chi connectivity index (χ1n) is 3.38. The Bertz CT molecular complexity index is 330. The minimum Gasteiger partial charge on any atom is -0.232 e. The molecule has 1 aromatic rings. The van der Waals surface area contributed by atoms with Crippen molar-refractivity contribution in [2.75, 3.05) is 0 Å². The number of thiol groups is 1. The van der Waals surface area contributed by atoms with Crippen molar-refractivity contribution in [3.05, 3.63) is 33.8 Å². The van der Waals surface area contributed by atoms with Gasteiger partial charge in [0, 0.05) is 10.5 Å². The van der Waals surface area contributed by atoms with Crippen molar-refractivity contribution in [1.82, 2.24) is 0 Å². The highest BCUT2D eigenvalue weighted by molar-refractivity contribution is 9.10. The van der Waals surface area contributed by atoms with Gasteiger partial charge in [0.25, 0.3) is 0 Å². The van der Waals surface area contributed by atoms with E-state index in [1.165, 1.54) is 0 Å². The zero-order chi connectivity index (χ0) is 9.14. The molecule has 1 radical (unpaired) electrons. The fourth-order valence-corrected chi connectivity index (χ4v) is 2.07. The molecule has 0 aromatic heterocycles. The second kappa shape index (κ2) is 4.05. The molecule has 0 N–H and O–H groups in total. The number of hydrogen-bond acceptors (Lipinski definition) is 2. The van der Waals surface area contributed by atoms with Gasteiger partial charge >= 0.3 is 0 Å². The summed E-state index contributed by atoms with van der Waals surface area (Å²) >= 11 is 3.25. The van der Waals surface area contributed by atoms with Gasteiger partial charge in [-0.15, -0.1) is 0 Å². The van der Waals surface area contributed by atoms with Crippen LogP contribution in [0.3, 0.4) is 0 Å². The molecule has 2 nitrogen and oxygen atoms in total. The van der Waals surface area contributed by atoms with E-state index in [4.69, 9.17) is 0 Å². The minimum absolute atomic E-state index is 0.101. The number of halogens is 1. The normalized spacial score (nSPS) is 10.6. The fraction of sp³-hybridized carbons (Fsp3) is 0.250. The first-order valence-corrected chi connectivity index (χ1v) is 5.53. The van der Waals surface area contributed by atoms with Crippen LogP contribution in [0.5, 0.6) is 0 Å². The molecule has 0 heterocycles. The van der Waals surface area contributed by atoms with E-state index in [1.54, 1.807) is 6.07 Å². The van der Waals surface area contributed by atoms with Gasteiger partial charge in [-0.3, -0.25) is 0 Å². The molecule has 1 aromatic carbocycles. The quantitative estimate of drug-likeness (QED) is 0.808. The fourth-order valence-electron chi connectivity index (χ4n) is 0.983. The highest BCUT2D eigenvalue weighted by Crippen LogP contribution is 2.14. The monoisotopic (exact) mass is 247 g/mol. The van der Waals surface area contributed by atoms with E-state index in [-0.39, 0.29) is 5.75 Å². The summed E-state index contributed by atoms with van der Waals surface area (Å²) in [4.78, 5) is 0. The lowest BCUT2D eigenvalue weighted by atomic mass is 10.2. The largest absolute Gasteiger partial charge is 0.232 e. The van der Waals surface area contributed by atoms with Crippen molar-refractivity contribution in [2.24, 2.45) is 0 Å². The number of benzene rings is 1. The molecular weight excluding hydrogens is 240 g/mol. The molecule has 0 aliphatic carbocycles. The summed E-state index contributed by atoms with van der Waals surface area (Å²) in [5.41, 5.74) is 1.74. The SMILES string of the molecule is Cc1[c]c(Br)cc(C[SH](=O)=O)c1. The summed E-state index contributed by atoms with van der Waals surface area (Å²) in [5, 5.41) is 0. The Morgan fingerprint density at radius 1 is 1.50 bits per heavy atom. The lowest BCUT2D eigenvalue weighted by Crippen LogP contribution is -1.87. The van der Waals surface area contributed by atoms with Crippen LogP contribution in [0.4, 0.5) is 0 Å². The third-order valence-corrected chi connectivity index (χ3v) is 2.39. The summed E-state index contributed by atoms with van der Waals surface area (Å²) in [6, 6.07) is 6.58. The molecule has 0 amide bonds. The first-order chi connectivity index (χ1) is 5.58. The number of hydrogen-bond donors (Lipinski definition) is 1. The van der Waals surface area contributed by atoms with Crippen LogP contribution in [-0.4, -0.2) is 8.42 Å². The molecule has 0 spiro atoms. The van der Waals surface area contributed by atoms with Crippen molar-refractivity contribution in [3.8, 4) is 0 Å². The van der Waals surface area contributed by atoms with Gasteiger partial charge in [0.15, 0.2) is 0 Å². The van der Waals surface area contributed by atoms with Gasteiger partial charge < -0.3 is 0 Å². The summed E-state index contributed by atoms with van der Waals surface area (Å²) in [6.07, 6.45) is 0. The van der Waals surface area contributed by atoms with Crippen molar-refractivity contribution in [1.29, 1.82) is 0 Å². The molecule has 65 valence electrons. The molecule has 0 atom stereocenters. The van der Waals surface area contributed by atoms with Gasteiger partial charge in [-0.1, -0.05) is 22.0 Å². The highest BCUT2D eigenvalue weighted by atomic mass is 79.9. The van der Waals surface area contributed by atoms with Crippen LogP contribution < -0.4 is 0 Å². The molecule has 0 aliphatic heterocycles. The van der Waals surface area contributed by atoms with Gasteiger partial charge in [-0.05, 0) is 24.1 Å². The molecule has 0 fully saturated rings. The van der Waals surface area contributed by atoms with Gasteiger partial charge in [-0.2, -0.15) is 0 Å². The van der Waals surface area contributed by atoms with Crippen LogP contribution in [0.25, 0.3) is 0 Å². The molecule has 12 heavy (non-hydrogen) atoms. The standard InChI is InChI=1S/C8H8BrO2S/c1-6-2-7(5-12(10)11)4-8(9)3-6/h2,4,12H,5H2,1H3. The number of rotatable bonds is 2. The Morgan fingerprint density at radius 2 is 2.17 bits per heavy atom. The number of aryl methyl sites for hydroxylation is 1. The molecule has 0 saturated heterocycles. The Labute approximate surface area is 81.7 Å². The topological polar surface area (TPSA) is 34.1 Å². The smallest absolute Gasteiger partial charge is 0.144 e. The minimum atomic E-state index is -2.34. The molecule has 0 unspecified atom stereocenters. The van der Waals surface area contributed by atoms with Crippen LogP contribution in [0.1, 0.15) is 11.1 Å². The Morgan fingerprint density at radius 3 is 2.67 bits per heavy atom. The van der Waals surface area contributed by atoms with Gasteiger partial charge in [-0.25, -0.2) is 8.42 Å². The zero-order valence-corrected chi connectivity index (χ0v) is 8.98. The third-order valence-electron chi connectivity index (χ3n) is 1.34. The Hall–Kier alpha value is -0.350. The summed E-state index contributed by atoms with van der Waals surface area (Å²) in [7, 11) is -2.34. The lowest BCUT2D eigenvalue weighted by Gasteiger charge is -1.98. The second-order valence-electron chi connectivity index (χ2n) is 2.51. The maximum atomic E-state index is 10.4. The zero-order valence-electron chi connectivity index (χ0n) is 6.50. The van der Waals surface area contributed by atoms with Crippen molar-refractivity contribution in [3.63, 3.8) is 0 Å². The van der Waals surface area contributed by atoms with Crippen molar-refractivity contribution < 1.29 is 8.42 Å². The molecule has 4 heteroatoms. The van der Waals surface area contributed by atoms with Crippen LogP contribution in [0, 0.1) is 13.0 Å². The maximum absolute atomic E-state index is 10.4. The lowest BCUT2D eigenvalue weighted by molar-refractivity contribution is 0.614. The van der Waals surface area contributed by atoms with E-state index in [2.05, 4.69) is 22.0 Å². The third kappa shape index (κ3) is 2.95. The van der Waals surface area contributed by atoms with E-state index in [0.717, 1.165) is 15.6 Å². The van der Waals surface area contributed by atoms with E-state index < -0.39 is 10.7 Å². The van der Waals surface area contributed by atoms with E-state index >= 15 is 0 Å². The Kier molecular flexibility index (Phi) is 3.29. The van der Waals surface area contributed by atoms with Crippen LogP contribution >= 0.6 is 15.9 Å². The highest BCUT2D eigenvalue weighted by Gasteiger charge is 1.97. The molecule has 0 bridgehead atoms. The summed E-state index contributed by atoms with van der Waals surface area (Å²) < 4.78 is 21.6. The van der Waals surface area contributed by atoms with E-state index in [9.17, 15) is 8.42 Å². The summed E-state index contributed by atoms with van der Waals surface area (Å²) in [6.45, 7) is 1.88. The van der Waals surface area contributed by atoms with Crippen molar-refractivity contribution in [2.45, 2.75) is 12.7 Å². The predicted octanol–water partition coefficient (Wildman–Crippen LogP) is 1.67. The average molecular weight is 248 g/mol. The average Bonchev–Trinajstić information content (AvgIpc) is 1.81. The van der Waals surface area contributed by atoms with Crippen LogP contribution in [0.15, 0.2) is 16.6 Å². The molecule has 0 aliphatic rings. The second-order valence-corrected chi connectivity index (χ2v) is 4.35. The van der Waals surface area contributed by atoms with Crippen LogP contribution in [-0.2, 0) is 16.5 Å². The summed E-state index contributed by atoms with van der Waals surface area (Å²) in [5.74, 6) is 0.101. The Balaban J connectivity index is 3.00. The van der Waals surface area contributed by atoms with E-state index in [0.29, 0.717) is 0 Å². The first kappa shape index (κ1) is 9.74. The molecular formula is C8H8BrO2S. The predicted molar refractivity (Wildman–Crippen MR) is 51.7 cm³/mol. The molecule has 0 saturated carbocycles. The van der Waals surface area contributed by atoms with Gasteiger partial charge in [0.05, 0.1) is 5.75 Å². The van der Waals surface area contributed by atoms with Crippen molar-refractivity contribution >= 4 is 26.6 Å². The molecule has 1 rings (SSSR count).